The van der Waals surface area contributed by atoms with E-state index in [2.05, 4.69) is 22.3 Å². The number of aliphatic hydroxyl groups excluding tert-OH is 1. The molecular weight excluding hydrogens is 408 g/mol. The Labute approximate surface area is 183 Å². The second-order valence-corrected chi connectivity index (χ2v) is 8.72. The molecule has 1 aliphatic carbocycles. The van der Waals surface area contributed by atoms with Crippen LogP contribution < -0.4 is 0 Å². The van der Waals surface area contributed by atoms with Gasteiger partial charge in [-0.1, -0.05) is 23.9 Å². The Morgan fingerprint density at radius 3 is 2.58 bits per heavy atom. The van der Waals surface area contributed by atoms with E-state index in [4.69, 9.17) is 0 Å². The lowest BCUT2D eigenvalue weighted by molar-refractivity contribution is 0.0426. The molecule has 152 valence electrons. The van der Waals surface area contributed by atoms with Crippen LogP contribution in [0.3, 0.4) is 0 Å². The molecule has 0 spiro atoms. The highest BCUT2D eigenvalue weighted by molar-refractivity contribution is 7.99. The molecule has 5 rings (SSSR count). The lowest BCUT2D eigenvalue weighted by atomic mass is 9.89. The predicted molar refractivity (Wildman–Crippen MR) is 115 cm³/mol. The van der Waals surface area contributed by atoms with Gasteiger partial charge in [0.15, 0.2) is 0 Å². The van der Waals surface area contributed by atoms with Crippen LogP contribution >= 0.6 is 11.8 Å². The molecule has 1 saturated carbocycles. The summed E-state index contributed by atoms with van der Waals surface area (Å²) < 4.78 is 3.70. The fourth-order valence-corrected chi connectivity index (χ4v) is 5.08. The molecule has 0 aliphatic heterocycles. The summed E-state index contributed by atoms with van der Waals surface area (Å²) in [6, 6.07) is 14.1. The van der Waals surface area contributed by atoms with Gasteiger partial charge in [0.2, 0.25) is 0 Å². The first-order chi connectivity index (χ1) is 15.1. The zero-order valence-corrected chi connectivity index (χ0v) is 17.5. The van der Waals surface area contributed by atoms with Crippen LogP contribution in [0.5, 0.6) is 0 Å². The van der Waals surface area contributed by atoms with E-state index in [-0.39, 0.29) is 12.1 Å². The summed E-state index contributed by atoms with van der Waals surface area (Å²) >= 11 is 1.45. The minimum Gasteiger partial charge on any atom is -0.393 e. The van der Waals surface area contributed by atoms with Crippen molar-refractivity contribution >= 4 is 17.3 Å². The molecule has 3 heterocycles. The number of hydrogen-bond donors (Lipinski definition) is 1. The van der Waals surface area contributed by atoms with Crippen LogP contribution in [0.2, 0.25) is 0 Å². The smallest absolute Gasteiger partial charge is 0.103 e. The van der Waals surface area contributed by atoms with Crippen LogP contribution in [-0.2, 0) is 0 Å². The van der Waals surface area contributed by atoms with Gasteiger partial charge in [0, 0.05) is 32.8 Å². The Kier molecular flexibility index (Phi) is 4.74. The Hall–Kier alpha value is -3.59. The Balaban J connectivity index is 1.63. The summed E-state index contributed by atoms with van der Waals surface area (Å²) in [5, 5.41) is 37.6. The van der Waals surface area contributed by atoms with Crippen LogP contribution in [0.15, 0.2) is 58.7 Å². The first kappa shape index (κ1) is 19.4. The lowest BCUT2D eigenvalue weighted by Gasteiger charge is -2.32. The standard InChI is InChI=1S/C23H18N6OS/c1-14-20(12-27-29(14)18-7-19(30)8-18)16-6-22(23-17(10-25)11-26-28(23)13-16)31-21-5-3-2-4-15(21)9-24/h2-6,11-13,18-19,30H,7-8H2,1H3/t18-,19-. The molecule has 1 aromatic carbocycles. The minimum absolute atomic E-state index is 0.221. The number of nitriles is 2. The quantitative estimate of drug-likeness (QED) is 0.527. The number of benzene rings is 1. The molecular formula is C23H18N6OS. The van der Waals surface area contributed by atoms with Gasteiger partial charge in [0.25, 0.3) is 0 Å². The summed E-state index contributed by atoms with van der Waals surface area (Å²) in [7, 11) is 0. The van der Waals surface area contributed by atoms with Gasteiger partial charge in [-0.15, -0.1) is 0 Å². The third kappa shape index (κ3) is 3.27. The predicted octanol–water partition coefficient (Wildman–Crippen LogP) is 4.10. The van der Waals surface area contributed by atoms with Gasteiger partial charge in [-0.05, 0) is 38.0 Å². The molecule has 1 fully saturated rings. The third-order valence-electron chi connectivity index (χ3n) is 5.71. The van der Waals surface area contributed by atoms with Gasteiger partial charge >= 0.3 is 0 Å². The first-order valence-electron chi connectivity index (χ1n) is 9.90. The number of aromatic nitrogens is 4. The normalized spacial score (nSPS) is 17.8. The van der Waals surface area contributed by atoms with Gasteiger partial charge < -0.3 is 5.11 Å². The fraction of sp³-hybridized carbons (Fsp3) is 0.217. The van der Waals surface area contributed by atoms with Crippen LogP contribution in [0.25, 0.3) is 16.6 Å². The molecule has 1 aliphatic rings. The van der Waals surface area contributed by atoms with Gasteiger partial charge in [0.1, 0.15) is 12.1 Å². The second kappa shape index (κ2) is 7.59. The lowest BCUT2D eigenvalue weighted by Crippen LogP contribution is -2.31. The molecule has 0 radical (unpaired) electrons. The summed E-state index contributed by atoms with van der Waals surface area (Å²) in [4.78, 5) is 1.67. The van der Waals surface area contributed by atoms with Gasteiger partial charge in [-0.3, -0.25) is 4.68 Å². The zero-order chi connectivity index (χ0) is 21.5. The molecule has 7 nitrogen and oxygen atoms in total. The number of hydrogen-bond acceptors (Lipinski definition) is 6. The Morgan fingerprint density at radius 2 is 1.84 bits per heavy atom. The number of fused-ring (bicyclic) bond motifs is 1. The Bertz CT molecular complexity index is 1380. The Morgan fingerprint density at radius 1 is 1.06 bits per heavy atom. The van der Waals surface area contributed by atoms with Crippen LogP contribution in [0, 0.1) is 29.6 Å². The molecule has 8 heteroatoms. The summed E-state index contributed by atoms with van der Waals surface area (Å²) in [6.07, 6.45) is 6.50. The average molecular weight is 427 g/mol. The average Bonchev–Trinajstić information content (AvgIpc) is 3.35. The maximum absolute atomic E-state index is 9.65. The topological polar surface area (TPSA) is 103 Å². The van der Waals surface area contributed by atoms with E-state index in [0.29, 0.717) is 11.1 Å². The molecule has 0 bridgehead atoms. The van der Waals surface area contributed by atoms with E-state index in [1.54, 1.807) is 16.8 Å². The van der Waals surface area contributed by atoms with Crippen molar-refractivity contribution in [1.29, 1.82) is 10.5 Å². The highest BCUT2D eigenvalue weighted by Crippen LogP contribution is 2.39. The summed E-state index contributed by atoms with van der Waals surface area (Å²) in [5.41, 5.74) is 4.72. The van der Waals surface area contributed by atoms with Crippen LogP contribution in [-0.4, -0.2) is 30.6 Å². The van der Waals surface area contributed by atoms with E-state index in [1.807, 2.05) is 48.3 Å². The highest BCUT2D eigenvalue weighted by Gasteiger charge is 2.31. The van der Waals surface area contributed by atoms with Crippen molar-refractivity contribution in [3.05, 3.63) is 65.7 Å². The molecule has 1 N–H and O–H groups in total. The van der Waals surface area contributed by atoms with Crippen LogP contribution in [0.4, 0.5) is 0 Å². The van der Waals surface area contributed by atoms with Crippen molar-refractivity contribution < 1.29 is 5.11 Å². The largest absolute Gasteiger partial charge is 0.393 e. The van der Waals surface area contributed by atoms with Gasteiger partial charge in [-0.25, -0.2) is 4.52 Å². The monoisotopic (exact) mass is 426 g/mol. The van der Waals surface area contributed by atoms with E-state index in [9.17, 15) is 15.6 Å². The minimum atomic E-state index is -0.245. The van der Waals surface area contributed by atoms with Crippen LogP contribution in [0.1, 0.15) is 35.7 Å². The van der Waals surface area contributed by atoms with Crippen molar-refractivity contribution in [3.63, 3.8) is 0 Å². The summed E-state index contributed by atoms with van der Waals surface area (Å²) in [5.74, 6) is 0. The van der Waals surface area contributed by atoms with Crippen molar-refractivity contribution in [2.45, 2.75) is 41.7 Å². The van der Waals surface area contributed by atoms with Crippen molar-refractivity contribution in [2.75, 3.05) is 0 Å². The highest BCUT2D eigenvalue weighted by atomic mass is 32.2. The molecule has 0 saturated heterocycles. The second-order valence-electron chi connectivity index (χ2n) is 7.63. The van der Waals surface area contributed by atoms with Crippen molar-refractivity contribution in [1.82, 2.24) is 19.4 Å². The fourth-order valence-electron chi connectivity index (χ4n) is 3.99. The SMILES string of the molecule is Cc1c(-c2cc(Sc3ccccc3C#N)c3c(C#N)cnn3c2)cnn1[C@H]1C[C@H](O)C1. The number of pyridine rings is 1. The number of aliphatic hydroxyl groups is 1. The van der Waals surface area contributed by atoms with E-state index in [0.717, 1.165) is 45.0 Å². The molecule has 0 amide bonds. The maximum atomic E-state index is 9.65. The molecule has 0 unspecified atom stereocenters. The van der Waals surface area contributed by atoms with E-state index < -0.39 is 0 Å². The van der Waals surface area contributed by atoms with Crippen molar-refractivity contribution in [2.24, 2.45) is 0 Å². The number of rotatable bonds is 4. The van der Waals surface area contributed by atoms with Gasteiger partial charge in [-0.2, -0.15) is 20.7 Å². The van der Waals surface area contributed by atoms with Crippen molar-refractivity contribution in [3.8, 4) is 23.3 Å². The number of nitrogens with zero attached hydrogens (tertiary/aromatic N) is 6. The van der Waals surface area contributed by atoms with Gasteiger partial charge in [0.05, 0.1) is 41.2 Å². The van der Waals surface area contributed by atoms with E-state index in [1.165, 1.54) is 11.8 Å². The maximum Gasteiger partial charge on any atom is 0.103 e. The zero-order valence-electron chi connectivity index (χ0n) is 16.7. The third-order valence-corrected chi connectivity index (χ3v) is 6.82. The molecule has 4 aromatic rings. The molecule has 3 aromatic heterocycles. The molecule has 31 heavy (non-hydrogen) atoms. The first-order valence-corrected chi connectivity index (χ1v) is 10.7. The summed E-state index contributed by atoms with van der Waals surface area (Å²) in [6.45, 7) is 2.03. The van der Waals surface area contributed by atoms with E-state index >= 15 is 0 Å². The molecule has 0 atom stereocenters.